The molecular formula is C23H25N3O3. The van der Waals surface area contributed by atoms with Gasteiger partial charge in [-0.15, -0.1) is 0 Å². The predicted molar refractivity (Wildman–Crippen MR) is 110 cm³/mol. The number of amides is 1. The first kappa shape index (κ1) is 18.0. The summed E-state index contributed by atoms with van der Waals surface area (Å²) in [6.07, 6.45) is 3.91. The van der Waals surface area contributed by atoms with E-state index >= 15 is 0 Å². The van der Waals surface area contributed by atoms with Gasteiger partial charge in [0.25, 0.3) is 0 Å². The Morgan fingerprint density at radius 1 is 1.21 bits per heavy atom. The van der Waals surface area contributed by atoms with Crippen molar-refractivity contribution >= 4 is 16.9 Å². The summed E-state index contributed by atoms with van der Waals surface area (Å²) >= 11 is 0. The highest BCUT2D eigenvalue weighted by Gasteiger charge is 2.23. The number of ether oxygens (including phenoxy) is 2. The first-order chi connectivity index (χ1) is 14.2. The summed E-state index contributed by atoms with van der Waals surface area (Å²) in [5, 5.41) is 3.25. The van der Waals surface area contributed by atoms with Gasteiger partial charge in [-0.05, 0) is 30.4 Å². The second-order valence-electron chi connectivity index (χ2n) is 7.66. The Balaban J connectivity index is 1.42. The van der Waals surface area contributed by atoms with Crippen molar-refractivity contribution in [2.45, 2.75) is 45.2 Å². The molecule has 1 aliphatic carbocycles. The molecule has 29 heavy (non-hydrogen) atoms. The van der Waals surface area contributed by atoms with Crippen LogP contribution in [0.5, 0.6) is 11.5 Å². The van der Waals surface area contributed by atoms with Crippen molar-refractivity contribution in [3.8, 4) is 11.5 Å². The molecule has 1 aromatic heterocycles. The van der Waals surface area contributed by atoms with Crippen LogP contribution in [0.1, 0.15) is 42.8 Å². The number of fused-ring (bicyclic) bond motifs is 3. The number of nitrogens with zero attached hydrogens (tertiary/aromatic N) is 2. The van der Waals surface area contributed by atoms with Gasteiger partial charge in [-0.3, -0.25) is 4.79 Å². The predicted octanol–water partition coefficient (Wildman–Crippen LogP) is 3.56. The third-order valence-electron chi connectivity index (χ3n) is 5.81. The first-order valence-electron chi connectivity index (χ1n) is 10.4. The molecule has 3 aromatic rings. The smallest absolute Gasteiger partial charge is 0.240 e. The lowest BCUT2D eigenvalue weighted by molar-refractivity contribution is -0.122. The summed E-state index contributed by atoms with van der Waals surface area (Å²) in [5.74, 6) is 2.34. The highest BCUT2D eigenvalue weighted by Crippen LogP contribution is 2.35. The maximum absolute atomic E-state index is 13.0. The molecule has 1 N–H and O–H groups in total. The first-order valence-corrected chi connectivity index (χ1v) is 10.4. The second kappa shape index (κ2) is 7.43. The Labute approximate surface area is 169 Å². The summed E-state index contributed by atoms with van der Waals surface area (Å²) in [6.45, 7) is 3.39. The van der Waals surface area contributed by atoms with Gasteiger partial charge in [-0.1, -0.05) is 31.2 Å². The Hall–Kier alpha value is -3.02. The molecule has 0 bridgehead atoms. The number of imidazole rings is 1. The number of hydrogen-bond donors (Lipinski definition) is 1. The van der Waals surface area contributed by atoms with E-state index < -0.39 is 0 Å². The molecule has 6 heteroatoms. The van der Waals surface area contributed by atoms with E-state index in [1.807, 2.05) is 22.8 Å². The van der Waals surface area contributed by atoms with Crippen LogP contribution >= 0.6 is 0 Å². The number of benzene rings is 2. The lowest BCUT2D eigenvalue weighted by Crippen LogP contribution is -2.33. The van der Waals surface area contributed by atoms with Crippen LogP contribution in [0.2, 0.25) is 0 Å². The Morgan fingerprint density at radius 3 is 2.83 bits per heavy atom. The fraction of sp³-hybridized carbons (Fsp3) is 0.391. The average Bonchev–Trinajstić information content (AvgIpc) is 3.08. The third kappa shape index (κ3) is 3.33. The largest absolute Gasteiger partial charge is 0.486 e. The van der Waals surface area contributed by atoms with Gasteiger partial charge >= 0.3 is 0 Å². The summed E-state index contributed by atoms with van der Waals surface area (Å²) in [5.41, 5.74) is 4.33. The minimum absolute atomic E-state index is 0.00981. The maximum Gasteiger partial charge on any atom is 0.240 e. The average molecular weight is 391 g/mol. The van der Waals surface area contributed by atoms with Gasteiger partial charge in [0, 0.05) is 18.6 Å². The summed E-state index contributed by atoms with van der Waals surface area (Å²) in [4.78, 5) is 17.7. The fourth-order valence-electron chi connectivity index (χ4n) is 4.45. The molecule has 2 heterocycles. The zero-order chi connectivity index (χ0) is 19.8. The molecule has 2 aliphatic rings. The topological polar surface area (TPSA) is 65.4 Å². The molecule has 1 atom stereocenters. The van der Waals surface area contributed by atoms with Gasteiger partial charge in [-0.2, -0.15) is 0 Å². The Morgan fingerprint density at radius 2 is 2.00 bits per heavy atom. The van der Waals surface area contributed by atoms with Crippen molar-refractivity contribution < 1.29 is 14.3 Å². The Kier molecular flexibility index (Phi) is 4.62. The number of rotatable bonds is 4. The SMILES string of the molecule is CCc1nc2cc3c(cc2n1CC(=O)NC1CCCc2ccccc21)OCCO3. The van der Waals surface area contributed by atoms with Crippen molar-refractivity contribution in [1.82, 2.24) is 14.9 Å². The molecule has 1 aliphatic heterocycles. The normalized spacial score (nSPS) is 17.8. The van der Waals surface area contributed by atoms with Crippen molar-refractivity contribution in [3.05, 3.63) is 53.3 Å². The maximum atomic E-state index is 13.0. The molecule has 5 rings (SSSR count). The van der Waals surface area contributed by atoms with Gasteiger partial charge in [0.05, 0.1) is 17.1 Å². The molecule has 0 saturated heterocycles. The van der Waals surface area contributed by atoms with Crippen LogP contribution < -0.4 is 14.8 Å². The minimum Gasteiger partial charge on any atom is -0.486 e. The molecule has 1 amide bonds. The van der Waals surface area contributed by atoms with Gasteiger partial charge in [-0.25, -0.2) is 4.98 Å². The lowest BCUT2D eigenvalue weighted by atomic mass is 9.88. The number of carbonyl (C=O) groups is 1. The number of aromatic nitrogens is 2. The van der Waals surface area contributed by atoms with Crippen LogP contribution in [-0.4, -0.2) is 28.7 Å². The number of nitrogens with one attached hydrogen (secondary N) is 1. The van der Waals surface area contributed by atoms with Crippen molar-refractivity contribution in [2.24, 2.45) is 0 Å². The van der Waals surface area contributed by atoms with Crippen molar-refractivity contribution in [2.75, 3.05) is 13.2 Å². The van der Waals surface area contributed by atoms with E-state index in [2.05, 4.69) is 30.4 Å². The number of hydrogen-bond acceptors (Lipinski definition) is 4. The summed E-state index contributed by atoms with van der Waals surface area (Å²) in [7, 11) is 0. The monoisotopic (exact) mass is 391 g/mol. The zero-order valence-corrected chi connectivity index (χ0v) is 16.6. The third-order valence-corrected chi connectivity index (χ3v) is 5.81. The standard InChI is InChI=1S/C23H25N3O3/c1-2-22-24-18-12-20-21(29-11-10-28-20)13-19(18)26(22)14-23(27)25-17-9-5-7-15-6-3-4-8-16(15)17/h3-4,6,8,12-13,17H,2,5,7,9-11,14H2,1H3,(H,25,27). The molecule has 150 valence electrons. The highest BCUT2D eigenvalue weighted by molar-refractivity contribution is 5.84. The molecule has 6 nitrogen and oxygen atoms in total. The van der Waals surface area contributed by atoms with Gasteiger partial charge in [0.1, 0.15) is 25.6 Å². The minimum atomic E-state index is 0.00981. The quantitative estimate of drug-likeness (QED) is 0.739. The molecule has 1 unspecified atom stereocenters. The van der Waals surface area contributed by atoms with Gasteiger partial charge in [0.2, 0.25) is 5.91 Å². The van der Waals surface area contributed by atoms with E-state index in [1.165, 1.54) is 11.1 Å². The van der Waals surface area contributed by atoms with E-state index in [4.69, 9.17) is 14.5 Å². The van der Waals surface area contributed by atoms with Crippen molar-refractivity contribution in [1.29, 1.82) is 0 Å². The molecule has 0 saturated carbocycles. The summed E-state index contributed by atoms with van der Waals surface area (Å²) in [6, 6.07) is 12.4. The van der Waals surface area contributed by atoms with Crippen LogP contribution in [0.4, 0.5) is 0 Å². The molecular weight excluding hydrogens is 366 g/mol. The molecule has 0 spiro atoms. The van der Waals surface area contributed by atoms with E-state index in [1.54, 1.807) is 0 Å². The molecule has 0 fully saturated rings. The van der Waals surface area contributed by atoms with Crippen molar-refractivity contribution in [3.63, 3.8) is 0 Å². The molecule has 2 aromatic carbocycles. The zero-order valence-electron chi connectivity index (χ0n) is 16.6. The fourth-order valence-corrected chi connectivity index (χ4v) is 4.45. The van der Waals surface area contributed by atoms with Crippen LogP contribution in [-0.2, 0) is 24.2 Å². The highest BCUT2D eigenvalue weighted by atomic mass is 16.6. The van der Waals surface area contributed by atoms with E-state index in [0.717, 1.165) is 48.3 Å². The van der Waals surface area contributed by atoms with E-state index in [9.17, 15) is 4.79 Å². The van der Waals surface area contributed by atoms with Crippen LogP contribution in [0, 0.1) is 0 Å². The van der Waals surface area contributed by atoms with Crippen LogP contribution in [0.15, 0.2) is 36.4 Å². The summed E-state index contributed by atoms with van der Waals surface area (Å²) < 4.78 is 13.4. The van der Waals surface area contributed by atoms with Gasteiger partial charge in [0.15, 0.2) is 11.5 Å². The van der Waals surface area contributed by atoms with Crippen LogP contribution in [0.3, 0.4) is 0 Å². The van der Waals surface area contributed by atoms with E-state index in [0.29, 0.717) is 19.0 Å². The number of carbonyl (C=O) groups excluding carboxylic acids is 1. The van der Waals surface area contributed by atoms with Gasteiger partial charge < -0.3 is 19.4 Å². The lowest BCUT2D eigenvalue weighted by Gasteiger charge is -2.26. The Bertz CT molecular complexity index is 1070. The van der Waals surface area contributed by atoms with E-state index in [-0.39, 0.29) is 18.5 Å². The van der Waals surface area contributed by atoms with Crippen LogP contribution in [0.25, 0.3) is 11.0 Å². The number of aryl methyl sites for hydroxylation is 2. The molecule has 0 radical (unpaired) electrons. The second-order valence-corrected chi connectivity index (χ2v) is 7.66.